The minimum Gasteiger partial charge on any atom is -0.362 e. The topological polar surface area (TPSA) is 88.5 Å². The van der Waals surface area contributed by atoms with Gasteiger partial charge < -0.3 is 5.11 Å². The number of alkyl halides is 3. The number of aliphatic hydroxyl groups is 1. The lowest BCUT2D eigenvalue weighted by atomic mass is 10.1. The highest BCUT2D eigenvalue weighted by Gasteiger charge is 2.63. The van der Waals surface area contributed by atoms with Gasteiger partial charge in [0.1, 0.15) is 6.67 Å². The molecule has 0 aliphatic carbocycles. The quantitative estimate of drug-likeness (QED) is 0.819. The van der Waals surface area contributed by atoms with E-state index in [4.69, 9.17) is 0 Å². The van der Waals surface area contributed by atoms with Crippen LogP contribution in [0.5, 0.6) is 0 Å². The molecule has 1 atom stereocenters. The minimum atomic E-state index is -5.05. The Morgan fingerprint density at radius 1 is 1.44 bits per heavy atom. The van der Waals surface area contributed by atoms with Crippen LogP contribution in [-0.2, 0) is 6.67 Å². The SMILES string of the molecule is CC1=NN(C(=O)c2ccn(Cn3cc(Br)cn3)n2)[C@](O)(C(F)(F)F)C1. The Morgan fingerprint density at radius 2 is 2.16 bits per heavy atom. The van der Waals surface area contributed by atoms with Crippen molar-refractivity contribution in [3.63, 3.8) is 0 Å². The number of halogens is 4. The average Bonchev–Trinajstić information content (AvgIpc) is 3.19. The molecule has 1 aliphatic rings. The molecule has 0 saturated heterocycles. The van der Waals surface area contributed by atoms with Gasteiger partial charge in [-0.05, 0) is 28.9 Å². The summed E-state index contributed by atoms with van der Waals surface area (Å²) >= 11 is 3.23. The highest BCUT2D eigenvalue weighted by atomic mass is 79.9. The molecule has 2 aromatic rings. The van der Waals surface area contributed by atoms with Crippen LogP contribution < -0.4 is 0 Å². The second kappa shape index (κ2) is 5.95. The summed E-state index contributed by atoms with van der Waals surface area (Å²) in [5.41, 5.74) is -3.65. The standard InChI is InChI=1S/C13H12BrF3N6O2/c1-8-4-12(25,13(15,16)17)23(19-8)11(24)10-2-3-21(20-10)7-22-6-9(14)5-18-22/h2-3,5-6,25H,4,7H2,1H3/t12-/m1/s1. The lowest BCUT2D eigenvalue weighted by Gasteiger charge is -2.32. The molecule has 1 N–H and O–H groups in total. The maximum absolute atomic E-state index is 13.2. The first-order valence-electron chi connectivity index (χ1n) is 6.99. The molecule has 1 amide bonds. The molecule has 8 nitrogen and oxygen atoms in total. The number of amides is 1. The van der Waals surface area contributed by atoms with E-state index in [1.54, 1.807) is 12.4 Å². The van der Waals surface area contributed by atoms with Crippen LogP contribution in [-0.4, -0.2) is 53.2 Å². The smallest absolute Gasteiger partial charge is 0.362 e. The summed E-state index contributed by atoms with van der Waals surface area (Å²) in [6.07, 6.45) is -1.21. The third-order valence-electron chi connectivity index (χ3n) is 3.52. The van der Waals surface area contributed by atoms with Gasteiger partial charge in [-0.15, -0.1) is 0 Å². The van der Waals surface area contributed by atoms with E-state index in [-0.39, 0.29) is 23.1 Å². The van der Waals surface area contributed by atoms with Gasteiger partial charge in [-0.2, -0.15) is 33.5 Å². The van der Waals surface area contributed by atoms with Crippen LogP contribution in [0.1, 0.15) is 23.8 Å². The van der Waals surface area contributed by atoms with Crippen LogP contribution in [0.25, 0.3) is 0 Å². The Hall–Kier alpha value is -2.21. The normalized spacial score (nSPS) is 20.9. The van der Waals surface area contributed by atoms with Crippen molar-refractivity contribution in [2.24, 2.45) is 5.10 Å². The van der Waals surface area contributed by atoms with Gasteiger partial charge >= 0.3 is 6.18 Å². The molecule has 0 unspecified atom stereocenters. The fourth-order valence-electron chi connectivity index (χ4n) is 2.38. The molecular formula is C13H12BrF3N6O2. The number of carbonyl (C=O) groups is 1. The van der Waals surface area contributed by atoms with Crippen molar-refractivity contribution in [1.29, 1.82) is 0 Å². The number of hydrogen-bond donors (Lipinski definition) is 1. The highest BCUT2D eigenvalue weighted by Crippen LogP contribution is 2.40. The van der Waals surface area contributed by atoms with Gasteiger partial charge in [0.15, 0.2) is 5.69 Å². The van der Waals surface area contributed by atoms with Gasteiger partial charge in [-0.1, -0.05) is 0 Å². The van der Waals surface area contributed by atoms with Crippen molar-refractivity contribution in [2.75, 3.05) is 0 Å². The zero-order valence-electron chi connectivity index (χ0n) is 12.8. The number of nitrogens with zero attached hydrogens (tertiary/aromatic N) is 6. The van der Waals surface area contributed by atoms with E-state index in [2.05, 4.69) is 31.2 Å². The Balaban J connectivity index is 1.83. The molecule has 3 rings (SSSR count). The molecule has 0 radical (unpaired) electrons. The summed E-state index contributed by atoms with van der Waals surface area (Å²) < 4.78 is 43.1. The largest absolute Gasteiger partial charge is 0.438 e. The zero-order valence-corrected chi connectivity index (χ0v) is 14.4. The monoisotopic (exact) mass is 420 g/mol. The van der Waals surface area contributed by atoms with Gasteiger partial charge in [-0.25, -0.2) is 4.68 Å². The number of carbonyl (C=O) groups excluding carboxylic acids is 1. The lowest BCUT2D eigenvalue weighted by molar-refractivity contribution is -0.297. The number of hydrazone groups is 1. The first-order chi connectivity index (χ1) is 11.6. The first-order valence-corrected chi connectivity index (χ1v) is 7.78. The zero-order chi connectivity index (χ0) is 18.4. The molecule has 0 spiro atoms. The van der Waals surface area contributed by atoms with Gasteiger partial charge in [-0.3, -0.25) is 9.48 Å². The fraction of sp³-hybridized carbons (Fsp3) is 0.385. The summed E-state index contributed by atoms with van der Waals surface area (Å²) in [6.45, 7) is 1.46. The van der Waals surface area contributed by atoms with Crippen molar-refractivity contribution >= 4 is 27.5 Å². The summed E-state index contributed by atoms with van der Waals surface area (Å²) in [5, 5.41) is 21.5. The lowest BCUT2D eigenvalue weighted by Crippen LogP contribution is -2.56. The van der Waals surface area contributed by atoms with Crippen LogP contribution >= 0.6 is 15.9 Å². The van der Waals surface area contributed by atoms with Crippen LogP contribution in [0.4, 0.5) is 13.2 Å². The van der Waals surface area contributed by atoms with Crippen LogP contribution in [0, 0.1) is 0 Å². The van der Waals surface area contributed by atoms with Gasteiger partial charge in [0.05, 0.1) is 10.7 Å². The summed E-state index contributed by atoms with van der Waals surface area (Å²) in [5.74, 6) is -1.14. The molecule has 0 bridgehead atoms. The van der Waals surface area contributed by atoms with E-state index in [0.717, 1.165) is 4.47 Å². The molecule has 2 aromatic heterocycles. The van der Waals surface area contributed by atoms with Crippen molar-refractivity contribution in [3.8, 4) is 0 Å². The van der Waals surface area contributed by atoms with Crippen LogP contribution in [0.2, 0.25) is 0 Å². The van der Waals surface area contributed by atoms with Crippen molar-refractivity contribution in [3.05, 3.63) is 34.8 Å². The van der Waals surface area contributed by atoms with E-state index in [1.165, 1.54) is 28.6 Å². The fourth-order valence-corrected chi connectivity index (χ4v) is 2.71. The van der Waals surface area contributed by atoms with E-state index in [1.807, 2.05) is 0 Å². The maximum atomic E-state index is 13.2. The molecule has 0 fully saturated rings. The first kappa shape index (κ1) is 17.6. The van der Waals surface area contributed by atoms with Crippen LogP contribution in [0.15, 0.2) is 34.2 Å². The third-order valence-corrected chi connectivity index (χ3v) is 3.93. The van der Waals surface area contributed by atoms with Crippen molar-refractivity contribution < 1.29 is 23.1 Å². The second-order valence-electron chi connectivity index (χ2n) is 5.52. The Labute approximate surface area is 147 Å². The number of rotatable bonds is 3. The molecule has 1 aliphatic heterocycles. The Kier molecular flexibility index (Phi) is 4.19. The van der Waals surface area contributed by atoms with E-state index >= 15 is 0 Å². The summed E-state index contributed by atoms with van der Waals surface area (Å²) in [4.78, 5) is 12.4. The van der Waals surface area contributed by atoms with Crippen LogP contribution in [0.3, 0.4) is 0 Å². The molecule has 25 heavy (non-hydrogen) atoms. The molecule has 134 valence electrons. The molecule has 0 aromatic carbocycles. The second-order valence-corrected chi connectivity index (χ2v) is 6.44. The van der Waals surface area contributed by atoms with E-state index in [9.17, 15) is 23.1 Å². The minimum absolute atomic E-state index is 0.00556. The third kappa shape index (κ3) is 3.18. The van der Waals surface area contributed by atoms with E-state index < -0.39 is 24.2 Å². The summed E-state index contributed by atoms with van der Waals surface area (Å²) in [7, 11) is 0. The van der Waals surface area contributed by atoms with Gasteiger partial charge in [0, 0.05) is 24.5 Å². The molecule has 0 saturated carbocycles. The van der Waals surface area contributed by atoms with Crippen molar-refractivity contribution in [1.82, 2.24) is 24.6 Å². The van der Waals surface area contributed by atoms with Gasteiger partial charge in [0.2, 0.25) is 0 Å². The summed E-state index contributed by atoms with van der Waals surface area (Å²) in [6, 6.07) is 1.25. The highest BCUT2D eigenvalue weighted by molar-refractivity contribution is 9.10. The van der Waals surface area contributed by atoms with E-state index in [0.29, 0.717) is 0 Å². The maximum Gasteiger partial charge on any atom is 0.438 e. The predicted molar refractivity (Wildman–Crippen MR) is 82.5 cm³/mol. The molecule has 12 heteroatoms. The van der Waals surface area contributed by atoms with Gasteiger partial charge in [0.25, 0.3) is 11.6 Å². The Bertz CT molecular complexity index is 845. The predicted octanol–water partition coefficient (Wildman–Crippen LogP) is 1.82. The molecular weight excluding hydrogens is 409 g/mol. The molecule has 3 heterocycles. The average molecular weight is 421 g/mol. The van der Waals surface area contributed by atoms with Crippen molar-refractivity contribution in [2.45, 2.75) is 31.9 Å². The number of hydrogen-bond acceptors (Lipinski definition) is 5. The Morgan fingerprint density at radius 3 is 2.76 bits per heavy atom. The number of aromatic nitrogens is 4.